The normalized spacial score (nSPS) is 20.6. The van der Waals surface area contributed by atoms with E-state index in [1.807, 2.05) is 12.1 Å². The summed E-state index contributed by atoms with van der Waals surface area (Å²) in [5.74, 6) is -1.08. The molecule has 1 atom stereocenters. The Morgan fingerprint density at radius 1 is 1.53 bits per heavy atom. The van der Waals surface area contributed by atoms with E-state index < -0.39 is 12.0 Å². The highest BCUT2D eigenvalue weighted by Gasteiger charge is 2.34. The Labute approximate surface area is 111 Å². The number of aromatic nitrogens is 1. The second kappa shape index (κ2) is 5.79. The summed E-state index contributed by atoms with van der Waals surface area (Å²) < 4.78 is 0. The van der Waals surface area contributed by atoms with Gasteiger partial charge in [-0.2, -0.15) is 0 Å². The summed E-state index contributed by atoms with van der Waals surface area (Å²) in [7, 11) is 1.78. The number of aliphatic carboxylic acids is 1. The molecule has 1 aromatic heterocycles. The second-order valence-corrected chi connectivity index (χ2v) is 4.72. The maximum Gasteiger partial charge on any atom is 0.305 e. The van der Waals surface area contributed by atoms with Crippen LogP contribution in [0.25, 0.3) is 0 Å². The zero-order valence-electron chi connectivity index (χ0n) is 10.8. The molecule has 0 radical (unpaired) electrons. The van der Waals surface area contributed by atoms with Gasteiger partial charge in [-0.25, -0.2) is 0 Å². The quantitative estimate of drug-likeness (QED) is 0.840. The smallest absolute Gasteiger partial charge is 0.305 e. The van der Waals surface area contributed by atoms with Crippen LogP contribution in [-0.2, 0) is 16.1 Å². The number of piperazine rings is 1. The van der Waals surface area contributed by atoms with Crippen molar-refractivity contribution < 1.29 is 14.7 Å². The van der Waals surface area contributed by atoms with E-state index in [2.05, 4.69) is 4.98 Å². The van der Waals surface area contributed by atoms with Crippen LogP contribution in [-0.4, -0.2) is 57.9 Å². The van der Waals surface area contributed by atoms with Crippen molar-refractivity contribution in [3.63, 3.8) is 0 Å². The fraction of sp³-hybridized carbons (Fsp3) is 0.462. The molecular formula is C13H17N3O3. The Bertz CT molecular complexity index is 463. The lowest BCUT2D eigenvalue weighted by atomic mass is 10.1. The van der Waals surface area contributed by atoms with Crippen LogP contribution in [0.5, 0.6) is 0 Å². The van der Waals surface area contributed by atoms with Crippen LogP contribution in [0.1, 0.15) is 12.0 Å². The Hall–Kier alpha value is -1.95. The van der Waals surface area contributed by atoms with E-state index >= 15 is 0 Å². The maximum absolute atomic E-state index is 12.3. The van der Waals surface area contributed by atoms with E-state index in [-0.39, 0.29) is 12.3 Å². The topological polar surface area (TPSA) is 73.7 Å². The number of carbonyl (C=O) groups is 2. The van der Waals surface area contributed by atoms with Crippen molar-refractivity contribution in [3.8, 4) is 0 Å². The molecule has 0 bridgehead atoms. The van der Waals surface area contributed by atoms with E-state index in [1.54, 1.807) is 29.2 Å². The van der Waals surface area contributed by atoms with Crippen molar-refractivity contribution in [2.45, 2.75) is 19.0 Å². The third-order valence-corrected chi connectivity index (χ3v) is 3.32. The Morgan fingerprint density at radius 3 is 2.95 bits per heavy atom. The summed E-state index contributed by atoms with van der Waals surface area (Å²) in [5, 5.41) is 8.87. The van der Waals surface area contributed by atoms with Gasteiger partial charge in [-0.1, -0.05) is 6.07 Å². The third kappa shape index (κ3) is 3.29. The van der Waals surface area contributed by atoms with Crippen LogP contribution in [0, 0.1) is 0 Å². The first kappa shape index (κ1) is 13.5. The van der Waals surface area contributed by atoms with Crippen LogP contribution in [0.3, 0.4) is 0 Å². The van der Waals surface area contributed by atoms with E-state index in [9.17, 15) is 9.59 Å². The minimum Gasteiger partial charge on any atom is -0.481 e. The zero-order chi connectivity index (χ0) is 13.8. The summed E-state index contributed by atoms with van der Waals surface area (Å²) in [6.07, 6.45) is 3.25. The first-order valence-corrected chi connectivity index (χ1v) is 6.17. The van der Waals surface area contributed by atoms with Crippen molar-refractivity contribution in [1.29, 1.82) is 0 Å². The van der Waals surface area contributed by atoms with Crippen molar-refractivity contribution in [1.82, 2.24) is 14.8 Å². The lowest BCUT2D eigenvalue weighted by Crippen LogP contribution is -2.55. The van der Waals surface area contributed by atoms with Gasteiger partial charge in [0.15, 0.2) is 0 Å². The van der Waals surface area contributed by atoms with Crippen LogP contribution < -0.4 is 0 Å². The molecule has 6 heteroatoms. The molecule has 1 N–H and O–H groups in total. The standard InChI is InChI=1S/C13H17N3O3/c1-15-5-6-16(9-10-3-2-4-14-8-10)13(19)11(15)7-12(17)18/h2-4,8,11H,5-7,9H2,1H3,(H,17,18). The second-order valence-electron chi connectivity index (χ2n) is 4.72. The lowest BCUT2D eigenvalue weighted by Gasteiger charge is -2.38. The minimum absolute atomic E-state index is 0.125. The first-order chi connectivity index (χ1) is 9.08. The van der Waals surface area contributed by atoms with Gasteiger partial charge in [0.2, 0.25) is 5.91 Å². The van der Waals surface area contributed by atoms with Crippen molar-refractivity contribution in [2.75, 3.05) is 20.1 Å². The minimum atomic E-state index is -0.951. The Morgan fingerprint density at radius 2 is 2.32 bits per heavy atom. The highest BCUT2D eigenvalue weighted by molar-refractivity contribution is 5.86. The number of likely N-dealkylation sites (N-methyl/N-ethyl adjacent to an activating group) is 1. The molecule has 1 aromatic rings. The molecule has 0 spiro atoms. The van der Waals surface area contributed by atoms with E-state index in [0.29, 0.717) is 19.6 Å². The largest absolute Gasteiger partial charge is 0.481 e. The lowest BCUT2D eigenvalue weighted by molar-refractivity contribution is -0.149. The molecule has 1 aliphatic rings. The van der Waals surface area contributed by atoms with Gasteiger partial charge in [-0.3, -0.25) is 19.5 Å². The molecule has 102 valence electrons. The van der Waals surface area contributed by atoms with Crippen molar-refractivity contribution in [3.05, 3.63) is 30.1 Å². The molecule has 1 saturated heterocycles. The van der Waals surface area contributed by atoms with Gasteiger partial charge < -0.3 is 10.0 Å². The molecule has 19 heavy (non-hydrogen) atoms. The molecule has 1 amide bonds. The van der Waals surface area contributed by atoms with Gasteiger partial charge in [-0.15, -0.1) is 0 Å². The first-order valence-electron chi connectivity index (χ1n) is 6.17. The predicted octanol–water partition coefficient (Wildman–Crippen LogP) is 0.199. The molecule has 0 saturated carbocycles. The molecule has 0 aliphatic carbocycles. The van der Waals surface area contributed by atoms with Gasteiger partial charge in [0.1, 0.15) is 0 Å². The van der Waals surface area contributed by atoms with E-state index in [1.165, 1.54) is 0 Å². The van der Waals surface area contributed by atoms with Crippen LogP contribution in [0.4, 0.5) is 0 Å². The zero-order valence-corrected chi connectivity index (χ0v) is 10.8. The summed E-state index contributed by atoms with van der Waals surface area (Å²) in [4.78, 5) is 30.6. The fourth-order valence-corrected chi connectivity index (χ4v) is 2.22. The summed E-state index contributed by atoms with van der Waals surface area (Å²) >= 11 is 0. The molecule has 1 aliphatic heterocycles. The number of carbonyl (C=O) groups excluding carboxylic acids is 1. The van der Waals surface area contributed by atoms with E-state index in [0.717, 1.165) is 5.56 Å². The average Bonchev–Trinajstić information content (AvgIpc) is 2.39. The number of nitrogens with zero attached hydrogens (tertiary/aromatic N) is 3. The van der Waals surface area contributed by atoms with Crippen molar-refractivity contribution in [2.24, 2.45) is 0 Å². The molecule has 1 fully saturated rings. The molecule has 2 rings (SSSR count). The van der Waals surface area contributed by atoms with E-state index in [4.69, 9.17) is 5.11 Å². The number of hydrogen-bond donors (Lipinski definition) is 1. The van der Waals surface area contributed by atoms with Gasteiger partial charge in [0.25, 0.3) is 0 Å². The van der Waals surface area contributed by atoms with Crippen LogP contribution in [0.15, 0.2) is 24.5 Å². The monoisotopic (exact) mass is 263 g/mol. The third-order valence-electron chi connectivity index (χ3n) is 3.32. The SMILES string of the molecule is CN1CCN(Cc2cccnc2)C(=O)C1CC(=O)O. The average molecular weight is 263 g/mol. The number of carboxylic acids is 1. The predicted molar refractivity (Wildman–Crippen MR) is 68.3 cm³/mol. The van der Waals surface area contributed by atoms with Gasteiger partial charge in [0, 0.05) is 32.0 Å². The number of rotatable bonds is 4. The number of carboxylic acid groups (broad SMARTS) is 1. The molecular weight excluding hydrogens is 246 g/mol. The molecule has 2 heterocycles. The molecule has 1 unspecified atom stereocenters. The van der Waals surface area contributed by atoms with Crippen molar-refractivity contribution >= 4 is 11.9 Å². The highest BCUT2D eigenvalue weighted by Crippen LogP contribution is 2.15. The van der Waals surface area contributed by atoms with Gasteiger partial charge in [0.05, 0.1) is 12.5 Å². The maximum atomic E-state index is 12.3. The fourth-order valence-electron chi connectivity index (χ4n) is 2.22. The molecule has 6 nitrogen and oxygen atoms in total. The summed E-state index contributed by atoms with van der Waals surface area (Å²) in [6.45, 7) is 1.78. The summed E-state index contributed by atoms with van der Waals surface area (Å²) in [6, 6.07) is 3.16. The summed E-state index contributed by atoms with van der Waals surface area (Å²) in [5.41, 5.74) is 0.953. The van der Waals surface area contributed by atoms with Gasteiger partial charge in [-0.05, 0) is 18.7 Å². The molecule has 0 aromatic carbocycles. The van der Waals surface area contributed by atoms with Crippen LogP contribution >= 0.6 is 0 Å². The highest BCUT2D eigenvalue weighted by atomic mass is 16.4. The number of pyridine rings is 1. The Kier molecular flexibility index (Phi) is 4.11. The van der Waals surface area contributed by atoms with Crippen LogP contribution in [0.2, 0.25) is 0 Å². The number of amides is 1. The number of hydrogen-bond acceptors (Lipinski definition) is 4. The Balaban J connectivity index is 2.06. The van der Waals surface area contributed by atoms with Gasteiger partial charge >= 0.3 is 5.97 Å².